The van der Waals surface area contributed by atoms with E-state index in [1.807, 2.05) is 72.8 Å². The van der Waals surface area contributed by atoms with Crippen LogP contribution in [0, 0.1) is 24.3 Å². The Hall–Kier alpha value is -4.57. The van der Waals surface area contributed by atoms with Crippen molar-refractivity contribution in [2.45, 2.75) is 0 Å². The first-order chi connectivity index (χ1) is 23.3. The predicted molar refractivity (Wildman–Crippen MR) is 196 cm³/mol. The van der Waals surface area contributed by atoms with E-state index in [0.29, 0.717) is 0 Å². The molecular weight excluding hydrogens is 864 g/mol. The van der Waals surface area contributed by atoms with Crippen molar-refractivity contribution in [2.75, 3.05) is 0 Å². The number of rotatable bonds is 4. The normalized spacial score (nSPS) is 10.3. The summed E-state index contributed by atoms with van der Waals surface area (Å²) in [7, 11) is 0. The monoisotopic (exact) mass is 891 g/mol. The van der Waals surface area contributed by atoms with Crippen molar-refractivity contribution in [3.8, 4) is 39.6 Å². The fourth-order valence-electron chi connectivity index (χ4n) is 5.80. The van der Waals surface area contributed by atoms with Gasteiger partial charge in [0.25, 0.3) is 0 Å². The minimum atomic E-state index is 0. The van der Waals surface area contributed by atoms with Gasteiger partial charge in [-0.3, -0.25) is 33.2 Å². The van der Waals surface area contributed by atoms with Gasteiger partial charge in [-0.1, -0.05) is 77.5 Å². The average molecular weight is 891 g/mol. The van der Waals surface area contributed by atoms with E-state index < -0.39 is 0 Å². The van der Waals surface area contributed by atoms with Crippen LogP contribution in [0.1, 0.15) is 0 Å². The van der Waals surface area contributed by atoms with Gasteiger partial charge in [0.2, 0.25) is 0 Å². The van der Waals surface area contributed by atoms with Crippen molar-refractivity contribution in [3.05, 3.63) is 182 Å². The molecule has 9 aromatic rings. The Morgan fingerprint density at radius 2 is 1.30 bits per heavy atom. The largest absolute Gasteiger partial charge is 0.374 e. The molecule has 7 aromatic carbocycles. The number of hydrogen-bond acceptors (Lipinski definition) is 3. The molecule has 5 radical (unpaired) electrons. The first kappa shape index (κ1) is 36.7. The van der Waals surface area contributed by atoms with Crippen molar-refractivity contribution < 1.29 is 52.8 Å². The summed E-state index contributed by atoms with van der Waals surface area (Å²) in [6.07, 6.45) is 3.45. The Labute approximate surface area is 332 Å². The Bertz CT molecular complexity index is 2430. The number of hydrogen-bond donors (Lipinski definition) is 0. The molecule has 2 heterocycles. The van der Waals surface area contributed by atoms with E-state index in [4.69, 9.17) is 4.98 Å². The van der Waals surface area contributed by atoms with Gasteiger partial charge >= 0.3 is 0 Å². The third-order valence-electron chi connectivity index (χ3n) is 8.02. The first-order valence-electron chi connectivity index (χ1n) is 15.4. The van der Waals surface area contributed by atoms with Crippen LogP contribution in [0.25, 0.3) is 72.2 Å². The second-order valence-electron chi connectivity index (χ2n) is 11.0. The van der Waals surface area contributed by atoms with Crippen LogP contribution in [-0.2, 0) is 52.8 Å². The fraction of sp³-hybridized carbons (Fsp3) is 0. The van der Waals surface area contributed by atoms with E-state index in [2.05, 4.69) is 106 Å². The molecule has 0 saturated heterocycles. The van der Waals surface area contributed by atoms with Crippen LogP contribution in [0.2, 0.25) is 0 Å². The quantitative estimate of drug-likeness (QED) is 0.101. The number of nitrogens with zero attached hydrogens (tertiary/aromatic N) is 4. The number of aromatic nitrogens is 4. The molecular formula is C43H26BIrN4Y-4. The molecule has 0 saturated carbocycles. The fourth-order valence-corrected chi connectivity index (χ4v) is 5.80. The Morgan fingerprint density at radius 3 is 2.12 bits per heavy atom. The summed E-state index contributed by atoms with van der Waals surface area (Å²) in [6, 6.07) is 62.6. The van der Waals surface area contributed by atoms with Gasteiger partial charge in [-0.15, -0.1) is 59.5 Å². The van der Waals surface area contributed by atoms with Crippen molar-refractivity contribution in [2.24, 2.45) is 0 Å². The Balaban J connectivity index is 0.000000277. The molecule has 0 aliphatic rings. The molecule has 7 heteroatoms. The Kier molecular flexibility index (Phi) is 12.4. The van der Waals surface area contributed by atoms with Crippen LogP contribution in [0.5, 0.6) is 0 Å². The van der Waals surface area contributed by atoms with Crippen LogP contribution < -0.4 is 0 Å². The van der Waals surface area contributed by atoms with E-state index in [-0.39, 0.29) is 61.2 Å². The molecule has 9 rings (SSSR count). The van der Waals surface area contributed by atoms with E-state index >= 15 is 0 Å². The van der Waals surface area contributed by atoms with Gasteiger partial charge in [0.15, 0.2) is 0 Å². The summed E-state index contributed by atoms with van der Waals surface area (Å²) >= 11 is 0. The molecule has 0 spiro atoms. The van der Waals surface area contributed by atoms with Crippen LogP contribution in [0.4, 0.5) is 0 Å². The number of fused-ring (bicyclic) bond motifs is 4. The van der Waals surface area contributed by atoms with Gasteiger partial charge in [-0.2, -0.15) is 5.56 Å². The number of benzene rings is 7. The van der Waals surface area contributed by atoms with Crippen molar-refractivity contribution in [1.29, 1.82) is 0 Å². The zero-order chi connectivity index (χ0) is 31.4. The minimum Gasteiger partial charge on any atom is -0.374 e. The molecule has 2 aromatic heterocycles. The Morgan fingerprint density at radius 1 is 0.560 bits per heavy atom. The van der Waals surface area contributed by atoms with Gasteiger partial charge in [-0.25, -0.2) is 6.07 Å². The maximum atomic E-state index is 4.97. The molecule has 0 atom stereocenters. The van der Waals surface area contributed by atoms with Crippen LogP contribution in [0.3, 0.4) is 0 Å². The SMILES string of the molecule is [B].[Ir].[Y].[c-]1ccc(-c2[c-]cc3c(ccc4ccccc43)c2)[c-]c1-c1nc2ccccc2n1-c1ccccc1.[c-]1ccccc1-c1ncccn1. The minimum absolute atomic E-state index is 0. The van der Waals surface area contributed by atoms with Gasteiger partial charge in [0.05, 0.1) is 16.9 Å². The number of para-hydroxylation sites is 3. The zero-order valence-electron chi connectivity index (χ0n) is 26.8. The summed E-state index contributed by atoms with van der Waals surface area (Å²) in [5.41, 5.74) is 6.80. The van der Waals surface area contributed by atoms with Gasteiger partial charge in [0.1, 0.15) is 0 Å². The van der Waals surface area contributed by atoms with E-state index in [0.717, 1.165) is 50.6 Å². The molecule has 0 bridgehead atoms. The van der Waals surface area contributed by atoms with Crippen molar-refractivity contribution >= 4 is 41.0 Å². The molecule has 4 nitrogen and oxygen atoms in total. The smallest absolute Gasteiger partial charge is 0.0748 e. The molecule has 50 heavy (non-hydrogen) atoms. The van der Waals surface area contributed by atoms with E-state index in [1.54, 1.807) is 18.5 Å². The average Bonchev–Trinajstić information content (AvgIpc) is 3.56. The number of imidazole rings is 1. The van der Waals surface area contributed by atoms with Crippen LogP contribution in [0.15, 0.2) is 158 Å². The van der Waals surface area contributed by atoms with E-state index in [1.165, 1.54) is 21.5 Å². The second-order valence-corrected chi connectivity index (χ2v) is 11.0. The maximum absolute atomic E-state index is 4.97. The van der Waals surface area contributed by atoms with Crippen molar-refractivity contribution in [1.82, 2.24) is 19.5 Å². The van der Waals surface area contributed by atoms with Crippen molar-refractivity contribution in [3.63, 3.8) is 0 Å². The third kappa shape index (κ3) is 7.60. The maximum Gasteiger partial charge on any atom is 0.0748 e. The summed E-state index contributed by atoms with van der Waals surface area (Å²) in [6.45, 7) is 0. The topological polar surface area (TPSA) is 43.6 Å². The first-order valence-corrected chi connectivity index (χ1v) is 15.4. The predicted octanol–water partition coefficient (Wildman–Crippen LogP) is 9.62. The zero-order valence-corrected chi connectivity index (χ0v) is 32.0. The summed E-state index contributed by atoms with van der Waals surface area (Å²) in [4.78, 5) is 13.2. The van der Waals surface area contributed by atoms with Gasteiger partial charge in [-0.05, 0) is 41.5 Å². The van der Waals surface area contributed by atoms with Gasteiger partial charge < -0.3 is 15.6 Å². The molecule has 237 valence electrons. The van der Waals surface area contributed by atoms with Crippen LogP contribution >= 0.6 is 0 Å². The summed E-state index contributed by atoms with van der Waals surface area (Å²) in [5, 5.41) is 4.89. The standard InChI is InChI=1S/C33H19N2.C10H7N2.B.Ir.Y/c1-2-12-28(13-3-1)35-32-16-7-6-15-31(32)34-33(35)27-11-8-10-24(22-27)25-19-20-30-26(21-25)18-17-23-9-4-5-14-29(23)30;1-2-5-9(6-3-1)10-11-7-4-8-12-10;;;/h1-10,12-18,20-21H;1-5,7-8H;;;/q-3;-1;;;. The van der Waals surface area contributed by atoms with E-state index in [9.17, 15) is 0 Å². The molecule has 0 aliphatic heterocycles. The molecule has 0 N–H and O–H groups in total. The molecule has 0 fully saturated rings. The van der Waals surface area contributed by atoms with Gasteiger partial charge in [0, 0.05) is 79.3 Å². The third-order valence-corrected chi connectivity index (χ3v) is 8.02. The summed E-state index contributed by atoms with van der Waals surface area (Å²) < 4.78 is 2.18. The molecule has 0 amide bonds. The summed E-state index contributed by atoms with van der Waals surface area (Å²) in [5.74, 6) is 1.55. The van der Waals surface area contributed by atoms with Crippen LogP contribution in [-0.4, -0.2) is 27.9 Å². The molecule has 0 unspecified atom stereocenters. The second kappa shape index (κ2) is 16.9. The molecule has 0 aliphatic carbocycles.